The van der Waals surface area contributed by atoms with E-state index in [1.54, 1.807) is 0 Å². The first kappa shape index (κ1) is 13.9. The largest absolute Gasteiger partial charge is 0.396 e. The molecule has 1 aliphatic heterocycles. The molecule has 4 nitrogen and oxygen atoms in total. The van der Waals surface area contributed by atoms with Crippen LogP contribution in [-0.2, 0) is 0 Å². The highest BCUT2D eigenvalue weighted by Gasteiger charge is 2.20. The molecule has 0 radical (unpaired) electrons. The quantitative estimate of drug-likeness (QED) is 0.531. The molecule has 0 aromatic heterocycles. The predicted octanol–water partition coefficient (Wildman–Crippen LogP) is 0.509. The molecule has 0 amide bonds. The average molecular weight is 229 g/mol. The molecule has 96 valence electrons. The van der Waals surface area contributed by atoms with Gasteiger partial charge in [0.1, 0.15) is 0 Å². The Bertz CT molecular complexity index is 166. The summed E-state index contributed by atoms with van der Waals surface area (Å²) in [6.45, 7) is 4.58. The maximum atomic E-state index is 8.73. The second-order valence-corrected chi connectivity index (χ2v) is 4.57. The van der Waals surface area contributed by atoms with Crippen LogP contribution in [0.3, 0.4) is 0 Å². The van der Waals surface area contributed by atoms with E-state index in [4.69, 9.17) is 10.8 Å². The number of hydrogen-bond donors (Lipinski definition) is 3. The normalized spacial score (nSPS) is 22.5. The van der Waals surface area contributed by atoms with Gasteiger partial charge in [-0.2, -0.15) is 0 Å². The van der Waals surface area contributed by atoms with E-state index in [1.165, 1.54) is 25.8 Å². The van der Waals surface area contributed by atoms with Crippen LogP contribution in [0.5, 0.6) is 0 Å². The van der Waals surface area contributed by atoms with Crippen molar-refractivity contribution in [3.8, 4) is 0 Å². The fraction of sp³-hybridized carbons (Fsp3) is 1.00. The Morgan fingerprint density at radius 3 is 2.88 bits per heavy atom. The molecule has 1 heterocycles. The number of aliphatic hydroxyl groups is 1. The van der Waals surface area contributed by atoms with Crippen molar-refractivity contribution in [1.29, 1.82) is 0 Å². The van der Waals surface area contributed by atoms with Crippen LogP contribution in [0.2, 0.25) is 0 Å². The number of nitrogens with two attached hydrogens (primary N) is 1. The average Bonchev–Trinajstić information content (AvgIpc) is 2.33. The van der Waals surface area contributed by atoms with Gasteiger partial charge in [-0.05, 0) is 38.8 Å². The molecule has 0 bridgehead atoms. The zero-order valence-electron chi connectivity index (χ0n) is 10.3. The lowest BCUT2D eigenvalue weighted by Crippen LogP contribution is -2.51. The molecule has 0 aromatic rings. The van der Waals surface area contributed by atoms with Crippen LogP contribution >= 0.6 is 0 Å². The van der Waals surface area contributed by atoms with Crippen molar-refractivity contribution in [2.24, 2.45) is 5.73 Å². The Morgan fingerprint density at radius 1 is 1.25 bits per heavy atom. The standard InChI is InChI=1S/C12H27N3O/c13-7-4-9-15-10-5-8-14-12(15)6-2-1-3-11-16/h12,14,16H,1-11,13H2. The first-order valence-electron chi connectivity index (χ1n) is 6.67. The summed E-state index contributed by atoms with van der Waals surface area (Å²) in [6, 6.07) is 0. The van der Waals surface area contributed by atoms with E-state index in [2.05, 4.69) is 10.2 Å². The lowest BCUT2D eigenvalue weighted by molar-refractivity contribution is 0.119. The number of nitrogens with zero attached hydrogens (tertiary/aromatic N) is 1. The topological polar surface area (TPSA) is 61.5 Å². The number of unbranched alkanes of at least 4 members (excludes halogenated alkanes) is 2. The van der Waals surface area contributed by atoms with E-state index in [-0.39, 0.29) is 0 Å². The van der Waals surface area contributed by atoms with Gasteiger partial charge in [0, 0.05) is 19.7 Å². The molecular weight excluding hydrogens is 202 g/mol. The smallest absolute Gasteiger partial charge is 0.0597 e. The molecular formula is C12H27N3O. The van der Waals surface area contributed by atoms with E-state index in [0.717, 1.165) is 38.9 Å². The molecule has 1 aliphatic rings. The fourth-order valence-corrected chi connectivity index (χ4v) is 2.31. The van der Waals surface area contributed by atoms with Crippen molar-refractivity contribution in [2.75, 3.05) is 32.8 Å². The highest BCUT2D eigenvalue weighted by molar-refractivity contribution is 4.75. The van der Waals surface area contributed by atoms with Crippen molar-refractivity contribution in [3.05, 3.63) is 0 Å². The van der Waals surface area contributed by atoms with Gasteiger partial charge in [0.15, 0.2) is 0 Å². The first-order chi connectivity index (χ1) is 7.88. The minimum absolute atomic E-state index is 0.328. The van der Waals surface area contributed by atoms with Crippen molar-refractivity contribution < 1.29 is 5.11 Å². The fourth-order valence-electron chi connectivity index (χ4n) is 2.31. The van der Waals surface area contributed by atoms with Crippen molar-refractivity contribution in [1.82, 2.24) is 10.2 Å². The lowest BCUT2D eigenvalue weighted by atomic mass is 10.1. The van der Waals surface area contributed by atoms with Gasteiger partial charge in [-0.3, -0.25) is 4.90 Å². The zero-order valence-corrected chi connectivity index (χ0v) is 10.3. The molecule has 1 saturated heterocycles. The van der Waals surface area contributed by atoms with Crippen molar-refractivity contribution >= 4 is 0 Å². The Labute approximate surface area is 99.2 Å². The molecule has 1 unspecified atom stereocenters. The molecule has 0 aliphatic carbocycles. The Morgan fingerprint density at radius 2 is 2.12 bits per heavy atom. The molecule has 0 spiro atoms. The van der Waals surface area contributed by atoms with Gasteiger partial charge in [-0.15, -0.1) is 0 Å². The van der Waals surface area contributed by atoms with E-state index in [0.29, 0.717) is 12.8 Å². The zero-order chi connectivity index (χ0) is 11.6. The maximum absolute atomic E-state index is 8.73. The predicted molar refractivity (Wildman–Crippen MR) is 67.2 cm³/mol. The van der Waals surface area contributed by atoms with E-state index >= 15 is 0 Å². The molecule has 16 heavy (non-hydrogen) atoms. The number of nitrogens with one attached hydrogen (secondary N) is 1. The SMILES string of the molecule is NCCCN1CCCNC1CCCCCO. The number of hydrogen-bond acceptors (Lipinski definition) is 4. The van der Waals surface area contributed by atoms with Gasteiger partial charge in [-0.25, -0.2) is 0 Å². The summed E-state index contributed by atoms with van der Waals surface area (Å²) < 4.78 is 0. The second-order valence-electron chi connectivity index (χ2n) is 4.57. The summed E-state index contributed by atoms with van der Waals surface area (Å²) in [5.74, 6) is 0. The van der Waals surface area contributed by atoms with E-state index in [9.17, 15) is 0 Å². The summed E-state index contributed by atoms with van der Waals surface area (Å²) in [4.78, 5) is 2.52. The summed E-state index contributed by atoms with van der Waals surface area (Å²) in [5, 5.41) is 12.3. The van der Waals surface area contributed by atoms with Crippen LogP contribution in [0.4, 0.5) is 0 Å². The second kappa shape index (κ2) is 8.93. The first-order valence-corrected chi connectivity index (χ1v) is 6.67. The highest BCUT2D eigenvalue weighted by Crippen LogP contribution is 2.12. The van der Waals surface area contributed by atoms with Gasteiger partial charge in [0.05, 0.1) is 6.17 Å². The molecule has 1 atom stereocenters. The Hall–Kier alpha value is -0.160. The van der Waals surface area contributed by atoms with Gasteiger partial charge in [0.2, 0.25) is 0 Å². The third-order valence-corrected chi connectivity index (χ3v) is 3.23. The molecule has 0 saturated carbocycles. The monoisotopic (exact) mass is 229 g/mol. The maximum Gasteiger partial charge on any atom is 0.0597 e. The molecule has 4 N–H and O–H groups in total. The number of aliphatic hydroxyl groups excluding tert-OH is 1. The third kappa shape index (κ3) is 5.25. The Balaban J connectivity index is 2.18. The van der Waals surface area contributed by atoms with Gasteiger partial charge in [0.25, 0.3) is 0 Å². The molecule has 1 rings (SSSR count). The summed E-state index contributed by atoms with van der Waals surface area (Å²) >= 11 is 0. The highest BCUT2D eigenvalue weighted by atomic mass is 16.2. The minimum Gasteiger partial charge on any atom is -0.396 e. The van der Waals surface area contributed by atoms with Crippen LogP contribution in [-0.4, -0.2) is 49.0 Å². The van der Waals surface area contributed by atoms with Crippen molar-refractivity contribution in [2.45, 2.75) is 44.7 Å². The summed E-state index contributed by atoms with van der Waals surface area (Å²) in [6.07, 6.45) is 7.36. The summed E-state index contributed by atoms with van der Waals surface area (Å²) in [5.41, 5.74) is 5.56. The van der Waals surface area contributed by atoms with Gasteiger partial charge in [-0.1, -0.05) is 12.8 Å². The van der Waals surface area contributed by atoms with E-state index in [1.807, 2.05) is 0 Å². The van der Waals surface area contributed by atoms with Gasteiger partial charge < -0.3 is 16.2 Å². The summed E-state index contributed by atoms with van der Waals surface area (Å²) in [7, 11) is 0. The van der Waals surface area contributed by atoms with Crippen LogP contribution in [0.1, 0.15) is 38.5 Å². The molecule has 1 fully saturated rings. The Kier molecular flexibility index (Phi) is 7.76. The number of rotatable bonds is 8. The molecule has 4 heteroatoms. The van der Waals surface area contributed by atoms with Gasteiger partial charge >= 0.3 is 0 Å². The minimum atomic E-state index is 0.328. The lowest BCUT2D eigenvalue weighted by Gasteiger charge is -2.36. The molecule has 0 aromatic carbocycles. The van der Waals surface area contributed by atoms with Crippen LogP contribution in [0.25, 0.3) is 0 Å². The van der Waals surface area contributed by atoms with Crippen LogP contribution < -0.4 is 11.1 Å². The van der Waals surface area contributed by atoms with Crippen LogP contribution in [0.15, 0.2) is 0 Å². The third-order valence-electron chi connectivity index (χ3n) is 3.23. The van der Waals surface area contributed by atoms with Crippen LogP contribution in [0, 0.1) is 0 Å². The van der Waals surface area contributed by atoms with Crippen molar-refractivity contribution in [3.63, 3.8) is 0 Å². The van der Waals surface area contributed by atoms with E-state index < -0.39 is 0 Å².